The van der Waals surface area contributed by atoms with Crippen LogP contribution in [-0.2, 0) is 0 Å². The molecule has 19 heavy (non-hydrogen) atoms. The number of hydrogen-bond acceptors (Lipinski definition) is 3. The van der Waals surface area contributed by atoms with Gasteiger partial charge in [-0.05, 0) is 18.7 Å². The number of halogens is 1. The van der Waals surface area contributed by atoms with Crippen molar-refractivity contribution in [2.45, 2.75) is 24.7 Å². The zero-order valence-corrected chi connectivity index (χ0v) is 12.3. The molecule has 0 radical (unpaired) electrons. The summed E-state index contributed by atoms with van der Waals surface area (Å²) in [5, 5.41) is 1.30. The lowest BCUT2D eigenvalue weighted by atomic mass is 10.1. The Kier molecular flexibility index (Phi) is 4.32. The minimum Gasteiger partial charge on any atom is -0.320 e. The summed E-state index contributed by atoms with van der Waals surface area (Å²) < 4.78 is 0. The first-order chi connectivity index (χ1) is 9.10. The van der Waals surface area contributed by atoms with Crippen molar-refractivity contribution in [1.82, 2.24) is 4.98 Å². The van der Waals surface area contributed by atoms with E-state index in [4.69, 9.17) is 11.6 Å². The van der Waals surface area contributed by atoms with Crippen molar-refractivity contribution in [1.29, 1.82) is 0 Å². The molecule has 0 atom stereocenters. The van der Waals surface area contributed by atoms with E-state index in [2.05, 4.69) is 4.98 Å². The topological polar surface area (TPSA) is 49.9 Å². The molecule has 0 fully saturated rings. The van der Waals surface area contributed by atoms with Crippen LogP contribution in [0.2, 0.25) is 5.02 Å². The Morgan fingerprint density at radius 2 is 2.16 bits per heavy atom. The summed E-state index contributed by atoms with van der Waals surface area (Å²) in [6.07, 6.45) is 2.96. The van der Waals surface area contributed by atoms with Gasteiger partial charge < -0.3 is 4.98 Å². The van der Waals surface area contributed by atoms with Crippen LogP contribution in [0, 0.1) is 0 Å². The molecular formula is C14H14ClNO2S. The van der Waals surface area contributed by atoms with Crippen LogP contribution in [0.3, 0.4) is 0 Å². The van der Waals surface area contributed by atoms with Gasteiger partial charge in [0.2, 0.25) is 0 Å². The van der Waals surface area contributed by atoms with Gasteiger partial charge in [0, 0.05) is 16.7 Å². The number of pyridine rings is 1. The van der Waals surface area contributed by atoms with Crippen molar-refractivity contribution in [2.75, 3.05) is 6.26 Å². The number of ketones is 1. The molecule has 100 valence electrons. The summed E-state index contributed by atoms with van der Waals surface area (Å²) in [5.41, 5.74) is 0.485. The van der Waals surface area contributed by atoms with Crippen molar-refractivity contribution in [3.63, 3.8) is 0 Å². The monoisotopic (exact) mass is 295 g/mol. The van der Waals surface area contributed by atoms with Crippen molar-refractivity contribution in [2.24, 2.45) is 0 Å². The highest BCUT2D eigenvalue weighted by molar-refractivity contribution is 7.99. The van der Waals surface area contributed by atoms with E-state index >= 15 is 0 Å². The molecule has 0 aliphatic carbocycles. The maximum Gasteiger partial charge on any atom is 0.260 e. The zero-order valence-electron chi connectivity index (χ0n) is 10.7. The van der Waals surface area contributed by atoms with Crippen LogP contribution in [0.5, 0.6) is 0 Å². The fraction of sp³-hybridized carbons (Fsp3) is 0.286. The average Bonchev–Trinajstić information content (AvgIpc) is 2.38. The Morgan fingerprint density at radius 3 is 2.79 bits per heavy atom. The Balaban J connectivity index is 2.82. The van der Waals surface area contributed by atoms with E-state index in [1.165, 1.54) is 11.8 Å². The summed E-state index contributed by atoms with van der Waals surface area (Å²) in [7, 11) is 0. The molecule has 0 bridgehead atoms. The first kappa shape index (κ1) is 14.2. The Morgan fingerprint density at radius 1 is 1.42 bits per heavy atom. The molecule has 0 spiro atoms. The second kappa shape index (κ2) is 5.80. The number of Topliss-reactive ketones (excluding diaryl/α,β-unsaturated/α-hetero) is 1. The van der Waals surface area contributed by atoms with Gasteiger partial charge >= 0.3 is 0 Å². The SMILES string of the molecule is CCCC(=O)c1c(SC)c2cccc(Cl)c2[nH]c1=O. The van der Waals surface area contributed by atoms with Gasteiger partial charge in [-0.25, -0.2) is 0 Å². The number of rotatable bonds is 4. The van der Waals surface area contributed by atoms with Crippen molar-refractivity contribution in [3.05, 3.63) is 39.1 Å². The number of carbonyl (C=O) groups is 1. The Bertz CT molecular complexity index is 694. The van der Waals surface area contributed by atoms with Gasteiger partial charge in [-0.15, -0.1) is 11.8 Å². The highest BCUT2D eigenvalue weighted by Crippen LogP contribution is 2.30. The third-order valence-corrected chi connectivity index (χ3v) is 4.06. The molecule has 1 heterocycles. The van der Waals surface area contributed by atoms with Gasteiger partial charge in [0.15, 0.2) is 5.78 Å². The van der Waals surface area contributed by atoms with Gasteiger partial charge in [-0.2, -0.15) is 0 Å². The van der Waals surface area contributed by atoms with Gasteiger partial charge in [-0.1, -0.05) is 30.7 Å². The first-order valence-electron chi connectivity index (χ1n) is 6.01. The molecule has 0 saturated heterocycles. The number of hydrogen-bond donors (Lipinski definition) is 1. The molecular weight excluding hydrogens is 282 g/mol. The van der Waals surface area contributed by atoms with Crippen LogP contribution in [0.25, 0.3) is 10.9 Å². The number of H-pyrrole nitrogens is 1. The molecule has 1 aromatic carbocycles. The molecule has 3 nitrogen and oxygen atoms in total. The highest BCUT2D eigenvalue weighted by Gasteiger charge is 2.18. The maximum atomic E-state index is 12.1. The Hall–Kier alpha value is -1.26. The van der Waals surface area contributed by atoms with Gasteiger partial charge in [0.25, 0.3) is 5.56 Å². The minimum absolute atomic E-state index is 0.116. The predicted octanol–water partition coefficient (Wildman–Crippen LogP) is 3.89. The minimum atomic E-state index is -0.358. The zero-order chi connectivity index (χ0) is 14.0. The molecule has 0 amide bonds. The van der Waals surface area contributed by atoms with E-state index < -0.39 is 0 Å². The second-order valence-corrected chi connectivity index (χ2v) is 5.42. The lowest BCUT2D eigenvalue weighted by Gasteiger charge is -2.10. The van der Waals surface area contributed by atoms with Gasteiger partial charge in [0.1, 0.15) is 0 Å². The van der Waals surface area contributed by atoms with E-state index in [-0.39, 0.29) is 16.9 Å². The summed E-state index contributed by atoms with van der Waals surface area (Å²) in [5.74, 6) is -0.116. The van der Waals surface area contributed by atoms with Crippen LogP contribution in [0.4, 0.5) is 0 Å². The molecule has 0 aliphatic heterocycles. The normalized spacial score (nSPS) is 10.9. The van der Waals surface area contributed by atoms with Crippen molar-refractivity contribution < 1.29 is 4.79 Å². The van der Waals surface area contributed by atoms with E-state index in [9.17, 15) is 9.59 Å². The lowest BCUT2D eigenvalue weighted by Crippen LogP contribution is -2.19. The number of aromatic nitrogens is 1. The van der Waals surface area contributed by atoms with E-state index in [0.717, 1.165) is 11.8 Å². The molecule has 2 rings (SSSR count). The van der Waals surface area contributed by atoms with Crippen LogP contribution in [0.15, 0.2) is 27.9 Å². The molecule has 2 aromatic rings. The summed E-state index contributed by atoms with van der Waals surface area (Å²) in [4.78, 5) is 27.7. The quantitative estimate of drug-likeness (QED) is 0.688. The molecule has 0 aliphatic rings. The van der Waals surface area contributed by atoms with Crippen LogP contribution < -0.4 is 5.56 Å². The fourth-order valence-corrected chi connectivity index (χ4v) is 3.09. The van der Waals surface area contributed by atoms with Gasteiger partial charge in [-0.3, -0.25) is 9.59 Å². The largest absolute Gasteiger partial charge is 0.320 e. The number of aromatic amines is 1. The second-order valence-electron chi connectivity index (χ2n) is 4.20. The lowest BCUT2D eigenvalue weighted by molar-refractivity contribution is 0.0977. The first-order valence-corrected chi connectivity index (χ1v) is 7.62. The predicted molar refractivity (Wildman–Crippen MR) is 80.6 cm³/mol. The van der Waals surface area contributed by atoms with Gasteiger partial charge in [0.05, 0.1) is 16.1 Å². The average molecular weight is 296 g/mol. The third kappa shape index (κ3) is 2.55. The highest BCUT2D eigenvalue weighted by atomic mass is 35.5. The van der Waals surface area contributed by atoms with Crippen LogP contribution >= 0.6 is 23.4 Å². The number of benzene rings is 1. The Labute approximate surface area is 120 Å². The number of carbonyl (C=O) groups excluding carboxylic acids is 1. The van der Waals surface area contributed by atoms with Crippen LogP contribution in [-0.4, -0.2) is 17.0 Å². The van der Waals surface area contributed by atoms with E-state index in [1.807, 2.05) is 25.3 Å². The van der Waals surface area contributed by atoms with Crippen molar-refractivity contribution in [3.8, 4) is 0 Å². The third-order valence-electron chi connectivity index (χ3n) is 2.91. The smallest absolute Gasteiger partial charge is 0.260 e. The van der Waals surface area contributed by atoms with Crippen LogP contribution in [0.1, 0.15) is 30.1 Å². The molecule has 1 N–H and O–H groups in total. The van der Waals surface area contributed by atoms with E-state index in [1.54, 1.807) is 6.07 Å². The maximum absolute atomic E-state index is 12.1. The number of para-hydroxylation sites is 1. The van der Waals surface area contributed by atoms with E-state index in [0.29, 0.717) is 21.9 Å². The summed E-state index contributed by atoms with van der Waals surface area (Å²) >= 11 is 7.49. The standard InChI is InChI=1S/C14H14ClNO2S/c1-3-5-10(17)11-13(19-2)8-6-4-7-9(15)12(8)16-14(11)18/h4,6-7H,3,5H2,1-2H3,(H,16,18). The molecule has 1 aromatic heterocycles. The fourth-order valence-electron chi connectivity index (χ4n) is 2.07. The number of nitrogens with one attached hydrogen (secondary N) is 1. The summed E-state index contributed by atoms with van der Waals surface area (Å²) in [6, 6.07) is 5.40. The molecule has 0 unspecified atom stereocenters. The number of thioether (sulfide) groups is 1. The molecule has 0 saturated carbocycles. The van der Waals surface area contributed by atoms with Crippen molar-refractivity contribution >= 4 is 40.0 Å². The molecule has 5 heteroatoms. The summed E-state index contributed by atoms with van der Waals surface area (Å²) in [6.45, 7) is 1.92. The number of fused-ring (bicyclic) bond motifs is 1.